The number of hydrogen-bond donors (Lipinski definition) is 2. The maximum atomic E-state index is 12.3. The van der Waals surface area contributed by atoms with Gasteiger partial charge in [0.05, 0.1) is 5.69 Å². The third-order valence-electron chi connectivity index (χ3n) is 3.40. The van der Waals surface area contributed by atoms with Crippen LogP contribution in [0.1, 0.15) is 39.2 Å². The highest BCUT2D eigenvalue weighted by Gasteiger charge is 2.28. The van der Waals surface area contributed by atoms with Gasteiger partial charge in [-0.15, -0.1) is 0 Å². The molecule has 0 unspecified atom stereocenters. The van der Waals surface area contributed by atoms with Gasteiger partial charge in [-0.25, -0.2) is 13.1 Å². The molecule has 0 amide bonds. The summed E-state index contributed by atoms with van der Waals surface area (Å²) in [7, 11) is -3.56. The van der Waals surface area contributed by atoms with E-state index in [1.165, 1.54) is 0 Å². The lowest BCUT2D eigenvalue weighted by Gasteiger charge is -2.28. The van der Waals surface area contributed by atoms with E-state index in [1.54, 1.807) is 18.2 Å². The van der Waals surface area contributed by atoms with Crippen molar-refractivity contribution in [2.24, 2.45) is 0 Å². The molecule has 0 radical (unpaired) electrons. The number of rotatable bonds is 5. The van der Waals surface area contributed by atoms with Gasteiger partial charge in [0.25, 0.3) is 0 Å². The predicted molar refractivity (Wildman–Crippen MR) is 74.9 cm³/mol. The molecule has 3 N–H and O–H groups in total. The first-order valence-electron chi connectivity index (χ1n) is 6.14. The highest BCUT2D eigenvalue weighted by molar-refractivity contribution is 7.89. The van der Waals surface area contributed by atoms with Crippen molar-refractivity contribution in [3.8, 4) is 0 Å². The molecular weight excluding hydrogens is 248 g/mol. The summed E-state index contributed by atoms with van der Waals surface area (Å²) in [6.07, 6.45) is 1.46. The van der Waals surface area contributed by atoms with Gasteiger partial charge in [0.15, 0.2) is 0 Å². The zero-order valence-electron chi connectivity index (χ0n) is 11.4. The summed E-state index contributed by atoms with van der Waals surface area (Å²) in [6.45, 7) is 7.70. The Labute approximate surface area is 110 Å². The fourth-order valence-corrected chi connectivity index (χ4v) is 3.35. The van der Waals surface area contributed by atoms with Crippen molar-refractivity contribution < 1.29 is 8.42 Å². The molecule has 4 nitrogen and oxygen atoms in total. The molecule has 0 spiro atoms. The van der Waals surface area contributed by atoms with Crippen LogP contribution in [-0.4, -0.2) is 14.0 Å². The summed E-state index contributed by atoms with van der Waals surface area (Å²) in [4.78, 5) is 0.154. The van der Waals surface area contributed by atoms with Gasteiger partial charge in [-0.2, -0.15) is 0 Å². The van der Waals surface area contributed by atoms with Crippen LogP contribution in [0.15, 0.2) is 23.1 Å². The summed E-state index contributed by atoms with van der Waals surface area (Å²) < 4.78 is 27.4. The fraction of sp³-hybridized carbons (Fsp3) is 0.538. The van der Waals surface area contributed by atoms with Crippen LogP contribution in [0.5, 0.6) is 0 Å². The first-order valence-corrected chi connectivity index (χ1v) is 7.62. The SMILES string of the molecule is CCC(C)(CC)NS(=O)(=O)c1ccc(C)cc1N. The molecule has 0 aliphatic carbocycles. The lowest BCUT2D eigenvalue weighted by atomic mass is 9.98. The Hall–Kier alpha value is -1.07. The molecule has 1 aromatic carbocycles. The minimum Gasteiger partial charge on any atom is -0.398 e. The van der Waals surface area contributed by atoms with Gasteiger partial charge in [-0.3, -0.25) is 0 Å². The largest absolute Gasteiger partial charge is 0.398 e. The molecule has 102 valence electrons. The molecule has 0 saturated heterocycles. The van der Waals surface area contributed by atoms with E-state index in [-0.39, 0.29) is 10.6 Å². The van der Waals surface area contributed by atoms with Crippen LogP contribution in [0.3, 0.4) is 0 Å². The molecule has 0 aromatic heterocycles. The van der Waals surface area contributed by atoms with Crippen LogP contribution in [0.25, 0.3) is 0 Å². The van der Waals surface area contributed by atoms with E-state index in [9.17, 15) is 8.42 Å². The molecule has 18 heavy (non-hydrogen) atoms. The average Bonchev–Trinajstić information content (AvgIpc) is 2.27. The Balaban J connectivity index is 3.15. The lowest BCUT2D eigenvalue weighted by molar-refractivity contribution is 0.389. The highest BCUT2D eigenvalue weighted by atomic mass is 32.2. The van der Waals surface area contributed by atoms with Crippen molar-refractivity contribution in [3.63, 3.8) is 0 Å². The molecule has 0 saturated carbocycles. The molecule has 0 fully saturated rings. The minimum absolute atomic E-state index is 0.154. The maximum absolute atomic E-state index is 12.3. The van der Waals surface area contributed by atoms with Gasteiger partial charge in [0.2, 0.25) is 10.0 Å². The quantitative estimate of drug-likeness (QED) is 0.807. The Bertz CT molecular complexity index is 520. The minimum atomic E-state index is -3.56. The molecule has 0 aliphatic rings. The number of aryl methyl sites for hydroxylation is 1. The third-order valence-corrected chi connectivity index (χ3v) is 5.11. The number of benzene rings is 1. The third kappa shape index (κ3) is 3.23. The zero-order valence-corrected chi connectivity index (χ0v) is 12.3. The van der Waals surface area contributed by atoms with Crippen LogP contribution in [0, 0.1) is 6.92 Å². The molecule has 1 aromatic rings. The van der Waals surface area contributed by atoms with Gasteiger partial charge in [0, 0.05) is 5.54 Å². The summed E-state index contributed by atoms with van der Waals surface area (Å²) in [5, 5.41) is 0. The molecule has 5 heteroatoms. The molecule has 0 atom stereocenters. The number of nitrogens with one attached hydrogen (secondary N) is 1. The van der Waals surface area contributed by atoms with Gasteiger partial charge in [-0.05, 0) is 44.4 Å². The van der Waals surface area contributed by atoms with E-state index in [2.05, 4.69) is 4.72 Å². The van der Waals surface area contributed by atoms with Gasteiger partial charge >= 0.3 is 0 Å². The van der Waals surface area contributed by atoms with Crippen molar-refractivity contribution in [1.29, 1.82) is 0 Å². The standard InChI is InChI=1S/C13H22N2O2S/c1-5-13(4,6-2)15-18(16,17)12-8-7-10(3)9-11(12)14/h7-9,15H,5-6,14H2,1-4H3. The first kappa shape index (κ1) is 15.0. The summed E-state index contributed by atoms with van der Waals surface area (Å²) >= 11 is 0. The van der Waals surface area contributed by atoms with Gasteiger partial charge in [-0.1, -0.05) is 19.9 Å². The Morgan fingerprint density at radius 3 is 2.28 bits per heavy atom. The fourth-order valence-electron chi connectivity index (χ4n) is 1.69. The van der Waals surface area contributed by atoms with Crippen molar-refractivity contribution in [3.05, 3.63) is 23.8 Å². The van der Waals surface area contributed by atoms with Gasteiger partial charge < -0.3 is 5.73 Å². The van der Waals surface area contributed by atoms with E-state index in [0.29, 0.717) is 0 Å². The number of nitrogen functional groups attached to an aromatic ring is 1. The Morgan fingerprint density at radius 1 is 1.28 bits per heavy atom. The summed E-state index contributed by atoms with van der Waals surface area (Å²) in [5.74, 6) is 0. The van der Waals surface area contributed by atoms with Crippen LogP contribution >= 0.6 is 0 Å². The molecule has 0 aliphatic heterocycles. The number of anilines is 1. The summed E-state index contributed by atoms with van der Waals surface area (Å²) in [5.41, 5.74) is 6.59. The van der Waals surface area contributed by atoms with E-state index in [1.807, 2.05) is 27.7 Å². The van der Waals surface area contributed by atoms with Crippen molar-refractivity contribution in [2.45, 2.75) is 51.0 Å². The number of nitrogens with two attached hydrogens (primary N) is 1. The second-order valence-electron chi connectivity index (χ2n) is 4.91. The summed E-state index contributed by atoms with van der Waals surface area (Å²) in [6, 6.07) is 4.97. The van der Waals surface area contributed by atoms with Crippen LogP contribution in [0.4, 0.5) is 5.69 Å². The van der Waals surface area contributed by atoms with Crippen molar-refractivity contribution in [2.75, 3.05) is 5.73 Å². The second kappa shape index (κ2) is 5.28. The smallest absolute Gasteiger partial charge is 0.243 e. The molecule has 0 bridgehead atoms. The second-order valence-corrected chi connectivity index (χ2v) is 6.57. The van der Waals surface area contributed by atoms with E-state index in [0.717, 1.165) is 18.4 Å². The normalized spacial score (nSPS) is 12.7. The Kier molecular flexibility index (Phi) is 4.40. The molecule has 1 rings (SSSR count). The average molecular weight is 270 g/mol. The van der Waals surface area contributed by atoms with Gasteiger partial charge in [0.1, 0.15) is 4.90 Å². The number of sulfonamides is 1. The van der Waals surface area contributed by atoms with Crippen LogP contribution in [-0.2, 0) is 10.0 Å². The van der Waals surface area contributed by atoms with Crippen molar-refractivity contribution >= 4 is 15.7 Å². The van der Waals surface area contributed by atoms with E-state index in [4.69, 9.17) is 5.73 Å². The monoisotopic (exact) mass is 270 g/mol. The van der Waals surface area contributed by atoms with Crippen LogP contribution in [0.2, 0.25) is 0 Å². The predicted octanol–water partition coefficient (Wildman–Crippen LogP) is 2.43. The molecule has 0 heterocycles. The van der Waals surface area contributed by atoms with E-state index >= 15 is 0 Å². The zero-order chi connectivity index (χ0) is 14.0. The lowest BCUT2D eigenvalue weighted by Crippen LogP contribution is -2.44. The molecular formula is C13H22N2O2S. The topological polar surface area (TPSA) is 72.2 Å². The Morgan fingerprint density at radius 2 is 1.83 bits per heavy atom. The van der Waals surface area contributed by atoms with Crippen LogP contribution < -0.4 is 10.5 Å². The maximum Gasteiger partial charge on any atom is 0.243 e. The van der Waals surface area contributed by atoms with Crippen molar-refractivity contribution in [1.82, 2.24) is 4.72 Å². The highest BCUT2D eigenvalue weighted by Crippen LogP contribution is 2.23. The number of hydrogen-bond acceptors (Lipinski definition) is 3. The first-order chi connectivity index (χ1) is 8.24. The van der Waals surface area contributed by atoms with E-state index < -0.39 is 15.6 Å².